The molecule has 1 saturated heterocycles. The number of piperazine rings is 1. The average Bonchev–Trinajstić information content (AvgIpc) is 3.88. The standard InChI is InChI=1S/C45H51FN8O5S2/c1-30(55)13-6-4-3-5-7-19-39(56)53-26-24-52(25-27-53)22-10-14-32-20-21-36(34(46)29-32)59-28-12-18-38-40(43(57)58)48-45(61-38)54-23-11-15-33-31(2)41(50-51-42(33)54)49-44-47-35-16-8-9-17-37(35)60-44/h8-9,16-17,20-21,29H,3-7,11-13,15,18-19,22-28H2,1-2H3,(H,57,58)(H,47,49,50). The number of aromatic nitrogens is 4. The Labute approximate surface area is 363 Å². The molecule has 0 atom stereocenters. The van der Waals surface area contributed by atoms with Gasteiger partial charge < -0.3 is 29.8 Å². The van der Waals surface area contributed by atoms with Crippen molar-refractivity contribution in [1.29, 1.82) is 0 Å². The molecule has 2 aromatic carbocycles. The van der Waals surface area contributed by atoms with E-state index < -0.39 is 11.8 Å². The molecule has 0 spiro atoms. The van der Waals surface area contributed by atoms with Crippen molar-refractivity contribution in [3.8, 4) is 17.6 Å². The predicted octanol–water partition coefficient (Wildman–Crippen LogP) is 8.34. The van der Waals surface area contributed by atoms with Crippen LogP contribution in [0.3, 0.4) is 0 Å². The number of nitrogens with zero attached hydrogens (tertiary/aromatic N) is 7. The van der Waals surface area contributed by atoms with Crippen molar-refractivity contribution >= 4 is 72.4 Å². The van der Waals surface area contributed by atoms with E-state index in [0.717, 1.165) is 84.5 Å². The summed E-state index contributed by atoms with van der Waals surface area (Å²) in [5.74, 6) is 6.42. The van der Waals surface area contributed by atoms with Crippen LogP contribution in [0.2, 0.25) is 0 Å². The minimum atomic E-state index is -1.11. The van der Waals surface area contributed by atoms with Gasteiger partial charge in [0.25, 0.3) is 0 Å². The number of halogens is 1. The summed E-state index contributed by atoms with van der Waals surface area (Å²) in [5, 5.41) is 23.8. The number of thiazole rings is 2. The molecular weight excluding hydrogens is 816 g/mol. The van der Waals surface area contributed by atoms with E-state index in [2.05, 4.69) is 42.2 Å². The molecule has 61 heavy (non-hydrogen) atoms. The summed E-state index contributed by atoms with van der Waals surface area (Å²) >= 11 is 2.87. The molecule has 0 unspecified atom stereocenters. The maximum atomic E-state index is 15.0. The largest absolute Gasteiger partial charge is 0.491 e. The molecule has 3 aromatic heterocycles. The number of para-hydroxylation sites is 1. The highest BCUT2D eigenvalue weighted by Gasteiger charge is 2.28. The lowest BCUT2D eigenvalue weighted by Gasteiger charge is -2.33. The lowest BCUT2D eigenvalue weighted by molar-refractivity contribution is -0.133. The van der Waals surface area contributed by atoms with Crippen molar-refractivity contribution in [3.63, 3.8) is 0 Å². The number of hydrogen-bond donors (Lipinski definition) is 2. The number of amides is 1. The number of ketones is 1. The monoisotopic (exact) mass is 866 g/mol. The minimum absolute atomic E-state index is 0.00367. The van der Waals surface area contributed by atoms with Crippen LogP contribution in [0.4, 0.5) is 26.3 Å². The highest BCUT2D eigenvalue weighted by atomic mass is 32.1. The van der Waals surface area contributed by atoms with Crippen molar-refractivity contribution in [2.45, 2.75) is 84.5 Å². The van der Waals surface area contributed by atoms with Crippen molar-refractivity contribution in [2.75, 3.05) is 56.1 Å². The Bertz CT molecular complexity index is 2390. The normalized spacial score (nSPS) is 14.1. The van der Waals surface area contributed by atoms with Crippen molar-refractivity contribution in [1.82, 2.24) is 30.0 Å². The lowest BCUT2D eigenvalue weighted by atomic mass is 10.0. The van der Waals surface area contributed by atoms with E-state index in [1.165, 1.54) is 17.4 Å². The number of rotatable bonds is 18. The minimum Gasteiger partial charge on any atom is -0.491 e. The summed E-state index contributed by atoms with van der Waals surface area (Å²) in [5.41, 5.74) is 3.45. The van der Waals surface area contributed by atoms with E-state index in [9.17, 15) is 19.5 Å². The van der Waals surface area contributed by atoms with E-state index in [1.54, 1.807) is 30.4 Å². The molecule has 0 aliphatic carbocycles. The molecule has 2 aliphatic heterocycles. The molecule has 1 amide bonds. The fourth-order valence-corrected chi connectivity index (χ4v) is 9.55. The van der Waals surface area contributed by atoms with Gasteiger partial charge >= 0.3 is 5.97 Å². The predicted molar refractivity (Wildman–Crippen MR) is 237 cm³/mol. The molecule has 7 rings (SSSR count). The molecule has 2 N–H and O–H groups in total. The maximum Gasteiger partial charge on any atom is 0.355 e. The van der Waals surface area contributed by atoms with Crippen molar-refractivity contribution < 1.29 is 28.6 Å². The fourth-order valence-electron chi connectivity index (χ4n) is 7.56. The van der Waals surface area contributed by atoms with Crippen LogP contribution in [-0.4, -0.2) is 98.6 Å². The van der Waals surface area contributed by atoms with E-state index in [4.69, 9.17) is 4.74 Å². The first-order valence-corrected chi connectivity index (χ1v) is 22.7. The number of ether oxygens (including phenoxy) is 1. The Balaban J connectivity index is 0.862. The van der Waals surface area contributed by atoms with Crippen LogP contribution in [0.5, 0.6) is 5.75 Å². The third-order valence-electron chi connectivity index (χ3n) is 10.9. The van der Waals surface area contributed by atoms with Gasteiger partial charge in [0, 0.05) is 67.1 Å². The number of benzene rings is 2. The topological polar surface area (TPSA) is 154 Å². The number of Topliss-reactive ketones (excluding diaryl/α,β-unsaturated/α-hetero) is 1. The van der Waals surface area contributed by atoms with Gasteiger partial charge in [0.2, 0.25) is 5.91 Å². The Hall–Kier alpha value is -5.50. The first-order valence-electron chi connectivity index (χ1n) is 21.0. The second-order valence-electron chi connectivity index (χ2n) is 15.4. The van der Waals surface area contributed by atoms with Crippen LogP contribution < -0.4 is 15.0 Å². The van der Waals surface area contributed by atoms with Crippen LogP contribution in [0.15, 0.2) is 42.5 Å². The van der Waals surface area contributed by atoms with Crippen LogP contribution in [0, 0.1) is 24.6 Å². The van der Waals surface area contributed by atoms with Gasteiger partial charge in [-0.15, -0.1) is 21.5 Å². The number of hydrogen-bond acceptors (Lipinski definition) is 13. The van der Waals surface area contributed by atoms with Gasteiger partial charge in [-0.2, -0.15) is 0 Å². The number of aromatic carboxylic acids is 1. The molecule has 16 heteroatoms. The molecule has 0 radical (unpaired) electrons. The average molecular weight is 867 g/mol. The van der Waals surface area contributed by atoms with E-state index in [1.807, 2.05) is 41.0 Å². The summed E-state index contributed by atoms with van der Waals surface area (Å²) < 4.78 is 21.9. The number of carboxylic acids is 1. The molecular formula is C45H51FN8O5S2. The SMILES string of the molecule is CC(=O)CCCCCCCC(=O)N1CCN(CC#Cc2ccc(OCCCc3sc(N4CCCc5c4nnc(Nc4nc6ccccc6s4)c5C)nc3C(=O)O)c(F)c2)CC1. The zero-order valence-electron chi connectivity index (χ0n) is 34.7. The Morgan fingerprint density at radius 2 is 1.72 bits per heavy atom. The third kappa shape index (κ3) is 11.5. The van der Waals surface area contributed by atoms with Gasteiger partial charge in [-0.25, -0.2) is 19.2 Å². The number of carbonyl (C=O) groups excluding carboxylic acids is 2. The summed E-state index contributed by atoms with van der Waals surface area (Å²) in [6.45, 7) is 7.83. The highest BCUT2D eigenvalue weighted by molar-refractivity contribution is 7.22. The molecule has 5 heterocycles. The van der Waals surface area contributed by atoms with E-state index >= 15 is 4.39 Å². The number of carboxylic acid groups (broad SMARTS) is 1. The Morgan fingerprint density at radius 3 is 2.49 bits per heavy atom. The number of carbonyl (C=O) groups is 3. The van der Waals surface area contributed by atoms with E-state index in [0.29, 0.717) is 79.1 Å². The Kier molecular flexibility index (Phi) is 14.9. The fraction of sp³-hybridized carbons (Fsp3) is 0.444. The van der Waals surface area contributed by atoms with Gasteiger partial charge in [0.05, 0.1) is 23.4 Å². The van der Waals surface area contributed by atoms with Gasteiger partial charge in [0.1, 0.15) is 5.78 Å². The molecule has 5 aromatic rings. The van der Waals surface area contributed by atoms with Gasteiger partial charge in [-0.1, -0.05) is 54.6 Å². The summed E-state index contributed by atoms with van der Waals surface area (Å²) in [6, 6.07) is 12.6. The molecule has 320 valence electrons. The molecule has 0 bridgehead atoms. The molecule has 2 aliphatic rings. The van der Waals surface area contributed by atoms with E-state index in [-0.39, 0.29) is 29.7 Å². The zero-order chi connectivity index (χ0) is 42.7. The van der Waals surface area contributed by atoms with Gasteiger partial charge in [0.15, 0.2) is 39.2 Å². The zero-order valence-corrected chi connectivity index (χ0v) is 36.3. The second kappa shape index (κ2) is 20.8. The highest BCUT2D eigenvalue weighted by Crippen LogP contribution is 2.39. The van der Waals surface area contributed by atoms with Crippen LogP contribution >= 0.6 is 22.7 Å². The summed E-state index contributed by atoms with van der Waals surface area (Å²) in [4.78, 5) is 51.9. The Morgan fingerprint density at radius 1 is 0.934 bits per heavy atom. The lowest BCUT2D eigenvalue weighted by Crippen LogP contribution is -2.48. The van der Waals surface area contributed by atoms with Crippen molar-refractivity contribution in [3.05, 3.63) is 75.5 Å². The maximum absolute atomic E-state index is 15.0. The quantitative estimate of drug-likeness (QED) is 0.0643. The number of anilines is 4. The van der Waals surface area contributed by atoms with Gasteiger partial charge in [-0.05, 0) is 82.7 Å². The summed E-state index contributed by atoms with van der Waals surface area (Å²) in [6.07, 6.45) is 8.63. The first-order chi connectivity index (χ1) is 29.6. The smallest absolute Gasteiger partial charge is 0.355 e. The number of unbranched alkanes of at least 4 members (excludes halogenated alkanes) is 4. The number of aryl methyl sites for hydroxylation is 1. The van der Waals surface area contributed by atoms with Crippen molar-refractivity contribution in [2.24, 2.45) is 0 Å². The number of fused-ring (bicyclic) bond motifs is 2. The van der Waals surface area contributed by atoms with Gasteiger partial charge in [-0.3, -0.25) is 9.69 Å². The van der Waals surface area contributed by atoms with Crippen LogP contribution in [-0.2, 0) is 22.4 Å². The molecule has 0 saturated carbocycles. The first kappa shape index (κ1) is 43.6. The molecule has 13 nitrogen and oxygen atoms in total. The second-order valence-corrected chi connectivity index (χ2v) is 17.5. The summed E-state index contributed by atoms with van der Waals surface area (Å²) in [7, 11) is 0. The number of nitrogens with one attached hydrogen (secondary N) is 1. The van der Waals surface area contributed by atoms with Crippen LogP contribution in [0.25, 0.3) is 10.2 Å². The van der Waals surface area contributed by atoms with Crippen LogP contribution in [0.1, 0.15) is 96.8 Å². The third-order valence-corrected chi connectivity index (χ3v) is 13.0. The molecule has 1 fully saturated rings.